The van der Waals surface area contributed by atoms with E-state index in [-0.39, 0.29) is 0 Å². The van der Waals surface area contributed by atoms with Crippen molar-refractivity contribution in [3.8, 4) is 0 Å². The van der Waals surface area contributed by atoms with Gasteiger partial charge in [-0.1, -0.05) is 6.92 Å². The van der Waals surface area contributed by atoms with Gasteiger partial charge in [-0.05, 0) is 38.6 Å². The molecule has 0 amide bonds. The van der Waals surface area contributed by atoms with E-state index >= 15 is 0 Å². The van der Waals surface area contributed by atoms with E-state index in [9.17, 15) is 0 Å². The fourth-order valence-electron chi connectivity index (χ4n) is 2.52. The molecule has 1 N–H and O–H groups in total. The first kappa shape index (κ1) is 14.6. The van der Waals surface area contributed by atoms with Crippen LogP contribution < -0.4 is 5.32 Å². The Balaban J connectivity index is 1.86. The van der Waals surface area contributed by atoms with Gasteiger partial charge in [-0.3, -0.25) is 0 Å². The smallest absolute Gasteiger partial charge is 0.0880 e. The SMILES string of the molecule is CCCNC(C)c1ccn(CC2CN(C)CCO2)c1. The van der Waals surface area contributed by atoms with Crippen LogP contribution in [0.3, 0.4) is 0 Å². The predicted octanol–water partition coefficient (Wildman–Crippen LogP) is 1.88. The highest BCUT2D eigenvalue weighted by Gasteiger charge is 2.18. The molecule has 0 aromatic carbocycles. The Morgan fingerprint density at radius 3 is 3.11 bits per heavy atom. The molecule has 0 saturated carbocycles. The van der Waals surface area contributed by atoms with Crippen molar-refractivity contribution in [2.24, 2.45) is 0 Å². The second-order valence-corrected chi connectivity index (χ2v) is 5.57. The molecule has 1 aliphatic heterocycles. The molecule has 0 aliphatic carbocycles. The van der Waals surface area contributed by atoms with Gasteiger partial charge in [0, 0.05) is 38.1 Å². The first-order valence-electron chi connectivity index (χ1n) is 7.38. The Hall–Kier alpha value is -0.840. The fourth-order valence-corrected chi connectivity index (χ4v) is 2.52. The third-order valence-corrected chi connectivity index (χ3v) is 3.73. The van der Waals surface area contributed by atoms with Gasteiger partial charge in [0.05, 0.1) is 12.7 Å². The van der Waals surface area contributed by atoms with E-state index in [4.69, 9.17) is 4.74 Å². The van der Waals surface area contributed by atoms with Crippen molar-refractivity contribution in [2.45, 2.75) is 39.0 Å². The normalized spacial score (nSPS) is 22.6. The Kier molecular flexibility index (Phi) is 5.43. The maximum Gasteiger partial charge on any atom is 0.0880 e. The van der Waals surface area contributed by atoms with Gasteiger partial charge in [0.15, 0.2) is 0 Å². The summed E-state index contributed by atoms with van der Waals surface area (Å²) in [5, 5.41) is 3.52. The minimum absolute atomic E-state index is 0.318. The number of morpholine rings is 1. The summed E-state index contributed by atoms with van der Waals surface area (Å²) in [4.78, 5) is 2.34. The van der Waals surface area contributed by atoms with Gasteiger partial charge in [-0.25, -0.2) is 0 Å². The van der Waals surface area contributed by atoms with Crippen LogP contribution in [0.25, 0.3) is 0 Å². The molecule has 108 valence electrons. The van der Waals surface area contributed by atoms with Crippen molar-refractivity contribution in [3.05, 3.63) is 24.0 Å². The molecule has 2 unspecified atom stereocenters. The maximum atomic E-state index is 5.81. The molecule has 0 radical (unpaired) electrons. The van der Waals surface area contributed by atoms with Crippen LogP contribution in [0, 0.1) is 0 Å². The molecule has 1 saturated heterocycles. The summed E-state index contributed by atoms with van der Waals surface area (Å²) >= 11 is 0. The highest BCUT2D eigenvalue weighted by atomic mass is 16.5. The van der Waals surface area contributed by atoms with Crippen molar-refractivity contribution < 1.29 is 4.74 Å². The maximum absolute atomic E-state index is 5.81. The summed E-state index contributed by atoms with van der Waals surface area (Å²) in [7, 11) is 2.16. The Labute approximate surface area is 116 Å². The topological polar surface area (TPSA) is 29.4 Å². The van der Waals surface area contributed by atoms with E-state index in [1.807, 2.05) is 0 Å². The highest BCUT2D eigenvalue weighted by molar-refractivity contribution is 5.14. The summed E-state index contributed by atoms with van der Waals surface area (Å²) in [6, 6.07) is 2.64. The van der Waals surface area contributed by atoms with Crippen LogP contribution >= 0.6 is 0 Å². The Morgan fingerprint density at radius 2 is 2.37 bits per heavy atom. The number of hydrogen-bond acceptors (Lipinski definition) is 3. The van der Waals surface area contributed by atoms with Gasteiger partial charge >= 0.3 is 0 Å². The lowest BCUT2D eigenvalue weighted by Crippen LogP contribution is -2.41. The van der Waals surface area contributed by atoms with E-state index < -0.39 is 0 Å². The molecule has 1 aromatic rings. The average Bonchev–Trinajstić information content (AvgIpc) is 2.84. The van der Waals surface area contributed by atoms with Gasteiger partial charge in [0.2, 0.25) is 0 Å². The molecule has 2 rings (SSSR count). The number of hydrogen-bond donors (Lipinski definition) is 1. The van der Waals surface area contributed by atoms with Gasteiger partial charge in [-0.15, -0.1) is 0 Å². The molecular formula is C15H27N3O. The minimum Gasteiger partial charge on any atom is -0.374 e. The van der Waals surface area contributed by atoms with Crippen LogP contribution in [0.15, 0.2) is 18.5 Å². The number of ether oxygens (including phenoxy) is 1. The fraction of sp³-hybridized carbons (Fsp3) is 0.733. The molecule has 1 fully saturated rings. The molecule has 1 aromatic heterocycles. The van der Waals surface area contributed by atoms with Crippen LogP contribution in [0.4, 0.5) is 0 Å². The third-order valence-electron chi connectivity index (χ3n) is 3.73. The molecule has 2 atom stereocenters. The van der Waals surface area contributed by atoms with Gasteiger partial charge < -0.3 is 19.5 Å². The number of nitrogens with one attached hydrogen (secondary N) is 1. The standard InChI is InChI=1S/C15H27N3O/c1-4-6-16-13(2)14-5-7-18(10-14)12-15-11-17(3)8-9-19-15/h5,7,10,13,15-16H,4,6,8-9,11-12H2,1-3H3. The lowest BCUT2D eigenvalue weighted by atomic mass is 10.2. The van der Waals surface area contributed by atoms with Crippen LogP contribution in [-0.2, 0) is 11.3 Å². The lowest BCUT2D eigenvalue weighted by Gasteiger charge is -2.30. The monoisotopic (exact) mass is 265 g/mol. The summed E-state index contributed by atoms with van der Waals surface area (Å²) in [5.74, 6) is 0. The van der Waals surface area contributed by atoms with Crippen LogP contribution in [0.5, 0.6) is 0 Å². The van der Waals surface area contributed by atoms with Crippen molar-refractivity contribution in [2.75, 3.05) is 33.3 Å². The number of rotatable bonds is 6. The number of aromatic nitrogens is 1. The zero-order chi connectivity index (χ0) is 13.7. The van der Waals surface area contributed by atoms with Gasteiger partial charge in [-0.2, -0.15) is 0 Å². The molecular weight excluding hydrogens is 238 g/mol. The van der Waals surface area contributed by atoms with Crippen molar-refractivity contribution in [1.29, 1.82) is 0 Å². The number of likely N-dealkylation sites (N-methyl/N-ethyl adjacent to an activating group) is 1. The molecule has 4 heteroatoms. The van der Waals surface area contributed by atoms with Gasteiger partial charge in [0.1, 0.15) is 0 Å². The van der Waals surface area contributed by atoms with E-state index in [1.54, 1.807) is 0 Å². The van der Waals surface area contributed by atoms with Crippen LogP contribution in [-0.4, -0.2) is 48.9 Å². The molecule has 19 heavy (non-hydrogen) atoms. The number of nitrogens with zero attached hydrogens (tertiary/aromatic N) is 2. The minimum atomic E-state index is 0.318. The van der Waals surface area contributed by atoms with E-state index in [2.05, 4.69) is 54.1 Å². The summed E-state index contributed by atoms with van der Waals surface area (Å²) in [5.41, 5.74) is 1.36. The van der Waals surface area contributed by atoms with E-state index in [0.29, 0.717) is 12.1 Å². The first-order chi connectivity index (χ1) is 9.19. The quantitative estimate of drug-likeness (QED) is 0.851. The highest BCUT2D eigenvalue weighted by Crippen LogP contribution is 2.14. The summed E-state index contributed by atoms with van der Waals surface area (Å²) < 4.78 is 8.06. The van der Waals surface area contributed by atoms with Crippen molar-refractivity contribution in [3.63, 3.8) is 0 Å². The van der Waals surface area contributed by atoms with Crippen LogP contribution in [0.1, 0.15) is 31.9 Å². The average molecular weight is 265 g/mol. The molecule has 1 aliphatic rings. The Morgan fingerprint density at radius 1 is 1.53 bits per heavy atom. The zero-order valence-corrected chi connectivity index (χ0v) is 12.4. The zero-order valence-electron chi connectivity index (χ0n) is 12.4. The predicted molar refractivity (Wildman–Crippen MR) is 78.4 cm³/mol. The molecule has 0 spiro atoms. The first-order valence-corrected chi connectivity index (χ1v) is 7.38. The Bertz CT molecular complexity index is 377. The van der Waals surface area contributed by atoms with E-state index in [0.717, 1.165) is 32.8 Å². The molecule has 0 bridgehead atoms. The molecule has 4 nitrogen and oxygen atoms in total. The lowest BCUT2D eigenvalue weighted by molar-refractivity contribution is -0.0274. The second-order valence-electron chi connectivity index (χ2n) is 5.57. The van der Waals surface area contributed by atoms with Crippen molar-refractivity contribution >= 4 is 0 Å². The summed E-state index contributed by atoms with van der Waals surface area (Å²) in [6.45, 7) is 9.36. The van der Waals surface area contributed by atoms with E-state index in [1.165, 1.54) is 12.0 Å². The second kappa shape index (κ2) is 7.08. The van der Waals surface area contributed by atoms with Crippen LogP contribution in [0.2, 0.25) is 0 Å². The van der Waals surface area contributed by atoms with Crippen molar-refractivity contribution in [1.82, 2.24) is 14.8 Å². The summed E-state index contributed by atoms with van der Waals surface area (Å²) in [6.07, 6.45) is 5.90. The van der Waals surface area contributed by atoms with Gasteiger partial charge in [0.25, 0.3) is 0 Å². The molecule has 2 heterocycles. The third kappa shape index (κ3) is 4.34. The largest absolute Gasteiger partial charge is 0.374 e.